The van der Waals surface area contributed by atoms with Gasteiger partial charge >= 0.3 is 0 Å². The highest BCUT2D eigenvalue weighted by molar-refractivity contribution is 6.07. The smallest absolute Gasteiger partial charge is 0.280 e. The Morgan fingerprint density at radius 3 is 2.56 bits per heavy atom. The molecule has 0 aliphatic carbocycles. The van der Waals surface area contributed by atoms with Crippen LogP contribution in [0.1, 0.15) is 41.5 Å². The molecule has 2 aliphatic heterocycles. The number of likely N-dealkylation sites (N-methyl/N-ethyl adjacent to an activating group) is 1. The fourth-order valence-corrected chi connectivity index (χ4v) is 5.92. The van der Waals surface area contributed by atoms with Gasteiger partial charge in [-0.15, -0.1) is 5.10 Å². The monoisotopic (exact) mass is 590 g/mol. The van der Waals surface area contributed by atoms with Gasteiger partial charge < -0.3 is 34.3 Å². The number of aromatic nitrogens is 3. The molecule has 43 heavy (non-hydrogen) atoms. The Balaban J connectivity index is 1.45. The molecule has 1 saturated heterocycles. The van der Waals surface area contributed by atoms with Crippen LogP contribution < -0.4 is 25.2 Å². The molecule has 1 unspecified atom stereocenters. The molecular formula is C31H35FN6O5. The molecule has 0 radical (unpaired) electrons. The summed E-state index contributed by atoms with van der Waals surface area (Å²) in [5.74, 6) is 0.375. The average molecular weight is 591 g/mol. The lowest BCUT2D eigenvalue weighted by atomic mass is 10.2. The highest BCUT2D eigenvalue weighted by atomic mass is 19.1. The Labute approximate surface area is 248 Å². The van der Waals surface area contributed by atoms with Gasteiger partial charge in [0.2, 0.25) is 0 Å². The first kappa shape index (κ1) is 28.5. The number of benzene rings is 2. The number of amides is 1. The maximum absolute atomic E-state index is 14.4. The minimum atomic E-state index is -0.540. The van der Waals surface area contributed by atoms with E-state index >= 15 is 0 Å². The highest BCUT2D eigenvalue weighted by Crippen LogP contribution is 2.40. The Morgan fingerprint density at radius 2 is 1.86 bits per heavy atom. The van der Waals surface area contributed by atoms with E-state index in [0.29, 0.717) is 48.8 Å². The van der Waals surface area contributed by atoms with Crippen molar-refractivity contribution in [1.29, 1.82) is 0 Å². The first-order valence-corrected chi connectivity index (χ1v) is 14.5. The van der Waals surface area contributed by atoms with Crippen molar-refractivity contribution in [2.75, 3.05) is 51.3 Å². The van der Waals surface area contributed by atoms with Crippen LogP contribution in [0.2, 0.25) is 0 Å². The summed E-state index contributed by atoms with van der Waals surface area (Å²) >= 11 is 0. The normalized spacial score (nSPS) is 16.9. The van der Waals surface area contributed by atoms with Crippen molar-refractivity contribution in [3.05, 3.63) is 75.5 Å². The van der Waals surface area contributed by atoms with Crippen LogP contribution in [0.3, 0.4) is 0 Å². The van der Waals surface area contributed by atoms with Crippen molar-refractivity contribution < 1.29 is 23.8 Å². The number of nitrogens with one attached hydrogen (secondary N) is 1. The fourth-order valence-electron chi connectivity index (χ4n) is 5.92. The van der Waals surface area contributed by atoms with E-state index < -0.39 is 11.4 Å². The molecule has 2 aromatic heterocycles. The summed E-state index contributed by atoms with van der Waals surface area (Å²) in [6.07, 6.45) is 0. The fraction of sp³-hybridized carbons (Fsp3) is 0.387. The van der Waals surface area contributed by atoms with Gasteiger partial charge in [0.05, 0.1) is 13.7 Å². The Morgan fingerprint density at radius 1 is 1.12 bits per heavy atom. The second kappa shape index (κ2) is 11.6. The molecule has 4 heterocycles. The summed E-state index contributed by atoms with van der Waals surface area (Å²) in [4.78, 5) is 31.2. The van der Waals surface area contributed by atoms with Gasteiger partial charge in [-0.3, -0.25) is 9.59 Å². The molecule has 2 aliphatic rings. The molecule has 0 spiro atoms. The van der Waals surface area contributed by atoms with E-state index in [2.05, 4.69) is 10.2 Å². The largest absolute Gasteiger partial charge is 0.505 e. The lowest BCUT2D eigenvalue weighted by Crippen LogP contribution is -2.45. The molecule has 1 amide bonds. The van der Waals surface area contributed by atoms with E-state index in [0.717, 1.165) is 18.7 Å². The maximum Gasteiger partial charge on any atom is 0.280 e. The molecule has 2 N–H and O–H groups in total. The quantitative estimate of drug-likeness (QED) is 0.322. The molecule has 0 saturated carbocycles. The lowest BCUT2D eigenvalue weighted by Gasteiger charge is -2.34. The van der Waals surface area contributed by atoms with Crippen LogP contribution >= 0.6 is 0 Å². The van der Waals surface area contributed by atoms with Crippen LogP contribution in [0.4, 0.5) is 10.2 Å². The predicted octanol–water partition coefficient (Wildman–Crippen LogP) is 3.12. The summed E-state index contributed by atoms with van der Waals surface area (Å²) < 4.78 is 28.6. The number of piperazine rings is 1. The SMILES string of the molecule is CCN1CC(C)n2c(c(O)c3c(=O)n(Cc4ccc(F)cc4OCc4ccc(OC)cc4)nc(N4CCNCC4)c32)C1=O. The van der Waals surface area contributed by atoms with Crippen molar-refractivity contribution in [2.45, 2.75) is 33.0 Å². The third-order valence-corrected chi connectivity index (χ3v) is 8.17. The number of carbonyl (C=O) groups excluding carboxylic acids is 1. The molecule has 1 fully saturated rings. The van der Waals surface area contributed by atoms with Crippen LogP contribution in [-0.4, -0.2) is 76.6 Å². The second-order valence-corrected chi connectivity index (χ2v) is 10.9. The predicted molar refractivity (Wildman–Crippen MR) is 160 cm³/mol. The number of nitrogens with zero attached hydrogens (tertiary/aromatic N) is 5. The zero-order chi connectivity index (χ0) is 30.2. The van der Waals surface area contributed by atoms with Crippen molar-refractivity contribution in [3.8, 4) is 17.2 Å². The first-order valence-electron chi connectivity index (χ1n) is 14.5. The molecule has 2 aromatic carbocycles. The van der Waals surface area contributed by atoms with E-state index in [4.69, 9.17) is 14.6 Å². The van der Waals surface area contributed by atoms with E-state index in [9.17, 15) is 19.1 Å². The van der Waals surface area contributed by atoms with E-state index in [1.807, 2.05) is 38.1 Å². The average Bonchev–Trinajstić information content (AvgIpc) is 3.34. The summed E-state index contributed by atoms with van der Waals surface area (Å²) in [6, 6.07) is 11.3. The number of halogens is 1. The van der Waals surface area contributed by atoms with E-state index in [-0.39, 0.29) is 47.7 Å². The van der Waals surface area contributed by atoms with Crippen molar-refractivity contribution >= 4 is 22.6 Å². The number of ether oxygens (including phenoxy) is 2. The summed E-state index contributed by atoms with van der Waals surface area (Å²) in [5.41, 5.74) is 1.43. The topological polar surface area (TPSA) is 114 Å². The third kappa shape index (κ3) is 5.16. The number of rotatable bonds is 8. The number of methoxy groups -OCH3 is 1. The number of hydrogen-bond donors (Lipinski definition) is 2. The van der Waals surface area contributed by atoms with E-state index in [1.54, 1.807) is 22.6 Å². The van der Waals surface area contributed by atoms with Gasteiger partial charge in [-0.05, 0) is 37.6 Å². The molecule has 226 valence electrons. The van der Waals surface area contributed by atoms with Crippen molar-refractivity contribution in [3.63, 3.8) is 0 Å². The maximum atomic E-state index is 14.4. The minimum absolute atomic E-state index is 0.0311. The van der Waals surface area contributed by atoms with Crippen LogP contribution in [0, 0.1) is 5.82 Å². The third-order valence-electron chi connectivity index (χ3n) is 8.17. The zero-order valence-corrected chi connectivity index (χ0v) is 24.5. The summed E-state index contributed by atoms with van der Waals surface area (Å²) in [5, 5.41) is 19.7. The number of aromatic hydroxyl groups is 1. The Hall–Kier alpha value is -4.58. The van der Waals surface area contributed by atoms with Crippen LogP contribution in [0.25, 0.3) is 10.9 Å². The Kier molecular flexibility index (Phi) is 7.70. The van der Waals surface area contributed by atoms with Crippen LogP contribution in [0.5, 0.6) is 17.2 Å². The van der Waals surface area contributed by atoms with Crippen LogP contribution in [0.15, 0.2) is 47.3 Å². The van der Waals surface area contributed by atoms with Gasteiger partial charge in [0.15, 0.2) is 17.3 Å². The minimum Gasteiger partial charge on any atom is -0.505 e. The lowest BCUT2D eigenvalue weighted by molar-refractivity contribution is 0.0686. The van der Waals surface area contributed by atoms with E-state index in [1.165, 1.54) is 16.8 Å². The summed E-state index contributed by atoms with van der Waals surface area (Å²) in [6.45, 7) is 7.66. The standard InChI is InChI=1S/C31H35FN6O5/c1-4-35-16-19(2)38-26-25(28(39)27(38)31(35)41)30(40)37(34-29(26)36-13-11-33-12-14-36)17-21-7-8-22(32)15-24(21)43-18-20-5-9-23(42-3)10-6-20/h5-10,15,19,33,39H,4,11-14,16-18H2,1-3H3. The number of carbonyl (C=O) groups is 1. The van der Waals surface area contributed by atoms with Crippen LogP contribution in [-0.2, 0) is 13.2 Å². The molecule has 4 aromatic rings. The van der Waals surface area contributed by atoms with Crippen molar-refractivity contribution in [2.24, 2.45) is 0 Å². The summed E-state index contributed by atoms with van der Waals surface area (Å²) in [7, 11) is 1.59. The first-order chi connectivity index (χ1) is 20.8. The molecule has 12 heteroatoms. The van der Waals surface area contributed by atoms with Gasteiger partial charge in [-0.25, -0.2) is 9.07 Å². The Bertz CT molecular complexity index is 1730. The van der Waals surface area contributed by atoms with Gasteiger partial charge in [0, 0.05) is 56.9 Å². The zero-order valence-electron chi connectivity index (χ0n) is 24.5. The molecule has 6 rings (SSSR count). The van der Waals surface area contributed by atoms with Gasteiger partial charge in [-0.2, -0.15) is 0 Å². The van der Waals surface area contributed by atoms with Gasteiger partial charge in [0.25, 0.3) is 11.5 Å². The second-order valence-electron chi connectivity index (χ2n) is 10.9. The molecule has 1 atom stereocenters. The van der Waals surface area contributed by atoms with Gasteiger partial charge in [0.1, 0.15) is 34.8 Å². The number of hydrogen-bond acceptors (Lipinski definition) is 8. The molecule has 11 nitrogen and oxygen atoms in total. The molecular weight excluding hydrogens is 555 g/mol. The number of fused-ring (bicyclic) bond motifs is 3. The van der Waals surface area contributed by atoms with Crippen molar-refractivity contribution in [1.82, 2.24) is 24.6 Å². The van der Waals surface area contributed by atoms with Gasteiger partial charge in [-0.1, -0.05) is 18.2 Å². The molecule has 0 bridgehead atoms. The number of anilines is 1. The highest BCUT2D eigenvalue weighted by Gasteiger charge is 2.37.